The summed E-state index contributed by atoms with van der Waals surface area (Å²) in [6.07, 6.45) is 0. The number of fused-ring (bicyclic) bond motifs is 2. The van der Waals surface area contributed by atoms with E-state index in [2.05, 4.69) is 6.07 Å². The lowest BCUT2D eigenvalue weighted by atomic mass is 9.93. The molecule has 0 saturated heterocycles. The van der Waals surface area contributed by atoms with Crippen LogP contribution in [0.4, 0.5) is 5.69 Å². The Hall–Kier alpha value is -2.91. The Labute approximate surface area is 143 Å². The van der Waals surface area contributed by atoms with Crippen LogP contribution in [0.2, 0.25) is 5.02 Å². The second-order valence-corrected chi connectivity index (χ2v) is 5.99. The molecule has 0 spiro atoms. The Balaban J connectivity index is 2.14. The molecule has 0 aliphatic carbocycles. The molecule has 0 aliphatic heterocycles. The molecule has 0 radical (unpaired) electrons. The van der Waals surface area contributed by atoms with Crippen LogP contribution < -0.4 is 0 Å². The van der Waals surface area contributed by atoms with Crippen molar-refractivity contribution in [1.29, 1.82) is 0 Å². The first-order valence-corrected chi connectivity index (χ1v) is 7.88. The summed E-state index contributed by atoms with van der Waals surface area (Å²) in [5.74, 6) is 0. The summed E-state index contributed by atoms with van der Waals surface area (Å²) in [4.78, 5) is 11.0. The first kappa shape index (κ1) is 14.7. The zero-order valence-electron chi connectivity index (χ0n) is 12.6. The molecule has 4 aromatic carbocycles. The lowest BCUT2D eigenvalue weighted by Gasteiger charge is -2.11. The smallest absolute Gasteiger partial charge is 0.258 e. The van der Waals surface area contributed by atoms with E-state index in [1.54, 1.807) is 12.1 Å². The number of hydrogen-bond donors (Lipinski definition) is 0. The molecular weight excluding hydrogens is 322 g/mol. The van der Waals surface area contributed by atoms with Crippen LogP contribution in [0.25, 0.3) is 32.7 Å². The largest absolute Gasteiger partial charge is 0.277 e. The van der Waals surface area contributed by atoms with E-state index >= 15 is 0 Å². The van der Waals surface area contributed by atoms with Crippen molar-refractivity contribution in [2.75, 3.05) is 0 Å². The van der Waals surface area contributed by atoms with Gasteiger partial charge in [0.1, 0.15) is 0 Å². The highest BCUT2D eigenvalue weighted by molar-refractivity contribution is 6.37. The van der Waals surface area contributed by atoms with Gasteiger partial charge in [0, 0.05) is 16.5 Å². The summed E-state index contributed by atoms with van der Waals surface area (Å²) in [5.41, 5.74) is 1.98. The average molecular weight is 334 g/mol. The van der Waals surface area contributed by atoms with E-state index in [9.17, 15) is 10.1 Å². The average Bonchev–Trinajstić information content (AvgIpc) is 2.61. The predicted molar refractivity (Wildman–Crippen MR) is 98.6 cm³/mol. The first-order valence-electron chi connectivity index (χ1n) is 7.50. The molecule has 0 aromatic heterocycles. The number of hydrogen-bond acceptors (Lipinski definition) is 2. The molecule has 0 heterocycles. The molecule has 0 amide bonds. The van der Waals surface area contributed by atoms with Gasteiger partial charge in [0.25, 0.3) is 5.69 Å². The van der Waals surface area contributed by atoms with Gasteiger partial charge >= 0.3 is 0 Å². The van der Waals surface area contributed by atoms with E-state index in [-0.39, 0.29) is 10.6 Å². The van der Waals surface area contributed by atoms with Crippen molar-refractivity contribution in [2.45, 2.75) is 0 Å². The summed E-state index contributed by atoms with van der Waals surface area (Å²) in [5, 5.41) is 15.3. The summed E-state index contributed by atoms with van der Waals surface area (Å²) in [6, 6.07) is 22.7. The van der Waals surface area contributed by atoms with E-state index in [0.29, 0.717) is 15.8 Å². The minimum absolute atomic E-state index is 0.0662. The Kier molecular flexibility index (Phi) is 3.44. The number of rotatable bonds is 2. The molecule has 0 bridgehead atoms. The van der Waals surface area contributed by atoms with Crippen LogP contribution in [-0.4, -0.2) is 4.92 Å². The number of nitro groups is 1. The van der Waals surface area contributed by atoms with Crippen molar-refractivity contribution in [3.63, 3.8) is 0 Å². The van der Waals surface area contributed by atoms with E-state index in [1.165, 1.54) is 6.07 Å². The number of nitrogens with zero attached hydrogens (tertiary/aromatic N) is 1. The highest BCUT2D eigenvalue weighted by Crippen LogP contribution is 2.40. The fraction of sp³-hybridized carbons (Fsp3) is 0. The molecule has 0 N–H and O–H groups in total. The Morgan fingerprint density at radius 3 is 2.25 bits per heavy atom. The van der Waals surface area contributed by atoms with Crippen LogP contribution >= 0.6 is 11.6 Å². The molecule has 4 aromatic rings. The quantitative estimate of drug-likeness (QED) is 0.323. The van der Waals surface area contributed by atoms with Gasteiger partial charge in [0.05, 0.1) is 10.3 Å². The van der Waals surface area contributed by atoms with Crippen LogP contribution in [-0.2, 0) is 0 Å². The van der Waals surface area contributed by atoms with E-state index < -0.39 is 0 Å². The van der Waals surface area contributed by atoms with Crippen molar-refractivity contribution in [3.8, 4) is 11.1 Å². The van der Waals surface area contributed by atoms with Gasteiger partial charge in [-0.05, 0) is 34.0 Å². The Morgan fingerprint density at radius 2 is 1.42 bits per heavy atom. The Morgan fingerprint density at radius 1 is 0.750 bits per heavy atom. The zero-order chi connectivity index (χ0) is 16.7. The van der Waals surface area contributed by atoms with Gasteiger partial charge in [-0.1, -0.05) is 66.2 Å². The van der Waals surface area contributed by atoms with E-state index in [4.69, 9.17) is 11.6 Å². The summed E-state index contributed by atoms with van der Waals surface area (Å²) in [6.45, 7) is 0. The monoisotopic (exact) mass is 333 g/mol. The second-order valence-electron chi connectivity index (χ2n) is 5.58. The molecule has 0 saturated carbocycles. The molecular formula is C20H12ClNO2. The van der Waals surface area contributed by atoms with Crippen molar-refractivity contribution in [2.24, 2.45) is 0 Å². The summed E-state index contributed by atoms with van der Waals surface area (Å²) in [7, 11) is 0. The maximum Gasteiger partial charge on any atom is 0.277 e. The first-order chi connectivity index (χ1) is 11.7. The normalized spacial score (nSPS) is 11.0. The molecule has 0 atom stereocenters. The molecule has 0 unspecified atom stereocenters. The third-order valence-electron chi connectivity index (χ3n) is 4.24. The summed E-state index contributed by atoms with van der Waals surface area (Å²) < 4.78 is 0. The lowest BCUT2D eigenvalue weighted by Crippen LogP contribution is -1.91. The standard InChI is InChI=1S/C20H12ClNO2/c21-18-11-12-19(22(23)24)17-10-4-9-16(20(17)18)15-8-3-6-13-5-1-2-7-14(13)15/h1-12H. The van der Waals surface area contributed by atoms with Crippen LogP contribution in [0.15, 0.2) is 72.8 Å². The van der Waals surface area contributed by atoms with Crippen LogP contribution in [0.1, 0.15) is 0 Å². The van der Waals surface area contributed by atoms with Crippen molar-refractivity contribution >= 4 is 38.8 Å². The van der Waals surface area contributed by atoms with Crippen molar-refractivity contribution in [1.82, 2.24) is 0 Å². The number of nitro benzene ring substituents is 1. The van der Waals surface area contributed by atoms with Gasteiger partial charge in [-0.3, -0.25) is 10.1 Å². The van der Waals surface area contributed by atoms with E-state index in [1.807, 2.05) is 48.5 Å². The van der Waals surface area contributed by atoms with Crippen molar-refractivity contribution in [3.05, 3.63) is 87.9 Å². The molecule has 116 valence electrons. The molecule has 3 nitrogen and oxygen atoms in total. The molecule has 0 aliphatic rings. The molecule has 4 rings (SSSR count). The predicted octanol–water partition coefficient (Wildman–Crippen LogP) is 6.22. The molecule has 4 heteroatoms. The number of benzene rings is 4. The summed E-state index contributed by atoms with van der Waals surface area (Å²) >= 11 is 6.42. The third-order valence-corrected chi connectivity index (χ3v) is 4.56. The van der Waals surface area contributed by atoms with Gasteiger partial charge < -0.3 is 0 Å². The SMILES string of the molecule is O=[N+]([O-])c1ccc(Cl)c2c(-c3cccc4ccccc34)cccc12. The lowest BCUT2D eigenvalue weighted by molar-refractivity contribution is -0.383. The maximum absolute atomic E-state index is 11.3. The number of halogens is 1. The zero-order valence-corrected chi connectivity index (χ0v) is 13.3. The van der Waals surface area contributed by atoms with Gasteiger partial charge in [-0.2, -0.15) is 0 Å². The van der Waals surface area contributed by atoms with Crippen LogP contribution in [0.3, 0.4) is 0 Å². The van der Waals surface area contributed by atoms with Gasteiger partial charge in [-0.15, -0.1) is 0 Å². The number of non-ortho nitro benzene ring substituents is 1. The minimum atomic E-state index is -0.370. The van der Waals surface area contributed by atoms with Gasteiger partial charge in [-0.25, -0.2) is 0 Å². The van der Waals surface area contributed by atoms with Gasteiger partial charge in [0.2, 0.25) is 0 Å². The molecule has 24 heavy (non-hydrogen) atoms. The molecule has 0 fully saturated rings. The fourth-order valence-corrected chi connectivity index (χ4v) is 3.46. The van der Waals surface area contributed by atoms with E-state index in [0.717, 1.165) is 21.9 Å². The topological polar surface area (TPSA) is 43.1 Å². The second kappa shape index (κ2) is 5.62. The minimum Gasteiger partial charge on any atom is -0.258 e. The Bertz CT molecular complexity index is 1100. The highest BCUT2D eigenvalue weighted by atomic mass is 35.5. The highest BCUT2D eigenvalue weighted by Gasteiger charge is 2.17. The van der Waals surface area contributed by atoms with Gasteiger partial charge in [0.15, 0.2) is 0 Å². The third kappa shape index (κ3) is 2.22. The van der Waals surface area contributed by atoms with Crippen LogP contribution in [0, 0.1) is 10.1 Å². The van der Waals surface area contributed by atoms with Crippen LogP contribution in [0.5, 0.6) is 0 Å². The van der Waals surface area contributed by atoms with Crippen molar-refractivity contribution < 1.29 is 4.92 Å². The fourth-order valence-electron chi connectivity index (χ4n) is 3.19. The maximum atomic E-state index is 11.3.